The summed E-state index contributed by atoms with van der Waals surface area (Å²) in [5, 5.41) is 5.99. The summed E-state index contributed by atoms with van der Waals surface area (Å²) in [5.41, 5.74) is 1.37. The lowest BCUT2D eigenvalue weighted by Gasteiger charge is -2.29. The normalized spacial score (nSPS) is 19.8. The van der Waals surface area contributed by atoms with Gasteiger partial charge in [0.25, 0.3) is 5.16 Å². The molecule has 0 unspecified atom stereocenters. The lowest BCUT2D eigenvalue weighted by molar-refractivity contribution is -0.710. The van der Waals surface area contributed by atoms with Gasteiger partial charge in [-0.2, -0.15) is 0 Å². The monoisotopic (exact) mass is 308 g/mol. The van der Waals surface area contributed by atoms with Crippen LogP contribution in [-0.2, 0) is 24.3 Å². The Morgan fingerprint density at radius 2 is 2.30 bits per heavy atom. The molecule has 0 fully saturated rings. The molecule has 0 radical (unpaired) electrons. The van der Waals surface area contributed by atoms with Crippen molar-refractivity contribution >= 4 is 39.1 Å². The van der Waals surface area contributed by atoms with Crippen molar-refractivity contribution < 1.29 is 9.30 Å². The van der Waals surface area contributed by atoms with Crippen molar-refractivity contribution in [3.8, 4) is 0 Å². The van der Waals surface area contributed by atoms with E-state index in [1.807, 2.05) is 0 Å². The largest absolute Gasteiger partial charge is 0.370 e. The number of ether oxygens (including phenoxy) is 1. The summed E-state index contributed by atoms with van der Waals surface area (Å²) in [6.07, 6.45) is 3.07. The van der Waals surface area contributed by atoms with Crippen LogP contribution in [0.5, 0.6) is 0 Å². The van der Waals surface area contributed by atoms with Gasteiger partial charge in [0, 0.05) is 11.3 Å². The molecule has 0 spiro atoms. The minimum Gasteiger partial charge on any atom is -0.370 e. The van der Waals surface area contributed by atoms with E-state index in [1.165, 1.54) is 21.6 Å². The number of fused-ring (bicyclic) bond motifs is 5. The number of thioether (sulfide) groups is 1. The molecular weight excluding hydrogens is 290 g/mol. The number of anilines is 1. The van der Waals surface area contributed by atoms with Crippen LogP contribution in [0.1, 0.15) is 24.3 Å². The number of hydrogen-bond acceptors (Lipinski definition) is 5. The summed E-state index contributed by atoms with van der Waals surface area (Å²) < 4.78 is 8.27. The number of thiophene rings is 1. The molecule has 2 aliphatic rings. The van der Waals surface area contributed by atoms with Gasteiger partial charge in [-0.3, -0.25) is 0 Å². The van der Waals surface area contributed by atoms with Gasteiger partial charge in [-0.25, -0.2) is 4.57 Å². The third kappa shape index (κ3) is 1.78. The second-order valence-corrected chi connectivity index (χ2v) is 7.79. The molecule has 106 valence electrons. The van der Waals surface area contributed by atoms with E-state index in [2.05, 4.69) is 30.0 Å². The van der Waals surface area contributed by atoms with Gasteiger partial charge in [0.2, 0.25) is 10.6 Å². The third-order valence-corrected chi connectivity index (χ3v) is 5.79. The van der Waals surface area contributed by atoms with Gasteiger partial charge >= 0.3 is 0 Å². The highest BCUT2D eigenvalue weighted by Gasteiger charge is 2.35. The molecule has 4 nitrogen and oxygen atoms in total. The standard InChI is InChI=1S/C14H17N3OS2/c1-14(2)6-8-9(7-18-14)20-12-10(8)11-15-4-5-17(11)13(16-12)19-3/h4-7H2,1-3H3/p+1. The van der Waals surface area contributed by atoms with E-state index in [0.29, 0.717) is 0 Å². The zero-order valence-electron chi connectivity index (χ0n) is 11.9. The van der Waals surface area contributed by atoms with Gasteiger partial charge in [-0.05, 0) is 25.7 Å². The first-order chi connectivity index (χ1) is 9.59. The average Bonchev–Trinajstić information content (AvgIpc) is 2.99. The fourth-order valence-electron chi connectivity index (χ4n) is 3.07. The second-order valence-electron chi connectivity index (χ2n) is 5.93. The number of nitrogens with zero attached hydrogens (tertiary/aromatic N) is 2. The summed E-state index contributed by atoms with van der Waals surface area (Å²) >= 11 is 3.52. The first kappa shape index (κ1) is 12.9. The van der Waals surface area contributed by atoms with Gasteiger partial charge in [-0.1, -0.05) is 16.7 Å². The molecule has 6 heteroatoms. The highest BCUT2D eigenvalue weighted by atomic mass is 32.2. The molecule has 2 aromatic rings. The molecule has 0 aromatic carbocycles. The van der Waals surface area contributed by atoms with Crippen molar-refractivity contribution in [2.24, 2.45) is 0 Å². The molecule has 0 amide bonds. The maximum absolute atomic E-state index is 5.95. The number of nitrogens with one attached hydrogen (secondary N) is 1. The Labute approximate surface area is 126 Å². The Hall–Kier alpha value is -0.850. The quantitative estimate of drug-likeness (QED) is 0.499. The van der Waals surface area contributed by atoms with Crippen LogP contribution >= 0.6 is 23.1 Å². The molecule has 1 N–H and O–H groups in total. The minimum atomic E-state index is -0.0741. The van der Waals surface area contributed by atoms with E-state index in [9.17, 15) is 0 Å². The molecule has 0 saturated carbocycles. The van der Waals surface area contributed by atoms with Crippen LogP contribution in [0.25, 0.3) is 10.2 Å². The fourth-order valence-corrected chi connectivity index (χ4v) is 4.82. The molecule has 2 aliphatic heterocycles. The Kier molecular flexibility index (Phi) is 2.78. The Bertz CT molecular complexity index is 708. The smallest absolute Gasteiger partial charge is 0.300 e. The van der Waals surface area contributed by atoms with Crippen LogP contribution < -0.4 is 9.88 Å². The first-order valence-electron chi connectivity index (χ1n) is 6.89. The van der Waals surface area contributed by atoms with E-state index in [-0.39, 0.29) is 5.60 Å². The molecule has 2 aromatic heterocycles. The van der Waals surface area contributed by atoms with Crippen LogP contribution in [0.4, 0.5) is 5.82 Å². The summed E-state index contributed by atoms with van der Waals surface area (Å²) in [4.78, 5) is 7.37. The van der Waals surface area contributed by atoms with Crippen molar-refractivity contribution in [3.63, 3.8) is 0 Å². The average molecular weight is 308 g/mol. The van der Waals surface area contributed by atoms with Crippen LogP contribution in [0, 0.1) is 0 Å². The minimum absolute atomic E-state index is 0.0741. The molecule has 0 atom stereocenters. The third-order valence-electron chi connectivity index (χ3n) is 4.01. The number of aromatic nitrogens is 2. The fraction of sp³-hybridized carbons (Fsp3) is 0.571. The van der Waals surface area contributed by atoms with E-state index in [4.69, 9.17) is 9.72 Å². The highest BCUT2D eigenvalue weighted by Crippen LogP contribution is 2.41. The molecule has 4 rings (SSSR count). The van der Waals surface area contributed by atoms with Crippen molar-refractivity contribution in [2.75, 3.05) is 18.1 Å². The Morgan fingerprint density at radius 1 is 1.45 bits per heavy atom. The summed E-state index contributed by atoms with van der Waals surface area (Å²) in [6.45, 7) is 7.07. The second kappa shape index (κ2) is 4.32. The SMILES string of the molecule is CSc1nc2sc3c(c2c2[n+]1CCN2)CC(C)(C)OC3. The highest BCUT2D eigenvalue weighted by molar-refractivity contribution is 7.98. The van der Waals surface area contributed by atoms with E-state index < -0.39 is 0 Å². The zero-order chi connectivity index (χ0) is 13.9. The summed E-state index contributed by atoms with van der Waals surface area (Å²) in [7, 11) is 0. The molecule has 20 heavy (non-hydrogen) atoms. The Morgan fingerprint density at radius 3 is 3.10 bits per heavy atom. The van der Waals surface area contributed by atoms with Crippen molar-refractivity contribution in [1.82, 2.24) is 4.98 Å². The lowest BCUT2D eigenvalue weighted by atomic mass is 9.94. The zero-order valence-corrected chi connectivity index (χ0v) is 13.6. The summed E-state index contributed by atoms with van der Waals surface area (Å²) in [5.74, 6) is 1.26. The van der Waals surface area contributed by atoms with E-state index in [1.54, 1.807) is 23.1 Å². The van der Waals surface area contributed by atoms with Gasteiger partial charge in [0.15, 0.2) is 0 Å². The van der Waals surface area contributed by atoms with Crippen LogP contribution in [0.3, 0.4) is 0 Å². The van der Waals surface area contributed by atoms with Crippen LogP contribution in [0.2, 0.25) is 0 Å². The predicted molar refractivity (Wildman–Crippen MR) is 82.7 cm³/mol. The number of hydrogen-bond donors (Lipinski definition) is 1. The molecule has 4 heterocycles. The molecule has 0 saturated heterocycles. The van der Waals surface area contributed by atoms with Crippen molar-refractivity contribution in [2.45, 2.75) is 44.2 Å². The van der Waals surface area contributed by atoms with Crippen LogP contribution in [-0.4, -0.2) is 23.4 Å². The van der Waals surface area contributed by atoms with Gasteiger partial charge < -0.3 is 10.1 Å². The number of rotatable bonds is 1. The van der Waals surface area contributed by atoms with Gasteiger partial charge in [-0.15, -0.1) is 11.3 Å². The maximum atomic E-state index is 5.95. The van der Waals surface area contributed by atoms with Crippen molar-refractivity contribution in [1.29, 1.82) is 0 Å². The van der Waals surface area contributed by atoms with Crippen molar-refractivity contribution in [3.05, 3.63) is 10.4 Å². The molecule has 0 bridgehead atoms. The van der Waals surface area contributed by atoms with Gasteiger partial charge in [0.1, 0.15) is 11.9 Å². The molecule has 0 aliphatic carbocycles. The van der Waals surface area contributed by atoms with E-state index in [0.717, 1.165) is 36.1 Å². The summed E-state index contributed by atoms with van der Waals surface area (Å²) in [6, 6.07) is 0. The Balaban J connectivity index is 2.01. The van der Waals surface area contributed by atoms with Gasteiger partial charge in [0.05, 0.1) is 18.8 Å². The molecular formula is C14H18N3OS2+. The van der Waals surface area contributed by atoms with Crippen LogP contribution in [0.15, 0.2) is 5.16 Å². The topological polar surface area (TPSA) is 38.0 Å². The lowest BCUT2D eigenvalue weighted by Crippen LogP contribution is -2.35. The predicted octanol–water partition coefficient (Wildman–Crippen LogP) is 2.58. The first-order valence-corrected chi connectivity index (χ1v) is 8.93. The maximum Gasteiger partial charge on any atom is 0.300 e. The van der Waals surface area contributed by atoms with E-state index >= 15 is 0 Å².